The van der Waals surface area contributed by atoms with Gasteiger partial charge >= 0.3 is 0 Å². The largest absolute Gasteiger partial charge is 0.370 e. The van der Waals surface area contributed by atoms with Gasteiger partial charge in [-0.25, -0.2) is 8.42 Å². The smallest absolute Gasteiger partial charge is 0.218 e. The average Bonchev–Trinajstić information content (AvgIpc) is 1.81. The van der Waals surface area contributed by atoms with Gasteiger partial charge in [0.2, 0.25) is 5.91 Å². The second-order valence-corrected chi connectivity index (χ2v) is 5.42. The molecule has 0 aliphatic heterocycles. The fourth-order valence-corrected chi connectivity index (χ4v) is 1.35. The van der Waals surface area contributed by atoms with Gasteiger partial charge in [0, 0.05) is 25.3 Å². The molecule has 1 amide bonds. The van der Waals surface area contributed by atoms with Gasteiger partial charge in [-0.3, -0.25) is 4.79 Å². The number of carbonyl (C=O) groups excluding carboxylic acids is 1. The normalized spacial score (nSPS) is 14.0. The highest BCUT2D eigenvalue weighted by Crippen LogP contribution is 1.89. The van der Waals surface area contributed by atoms with Gasteiger partial charge < -0.3 is 11.1 Å². The number of nitrogens with two attached hydrogens (primary N) is 1. The number of nitrogens with one attached hydrogen (secondary N) is 1. The van der Waals surface area contributed by atoms with Crippen LogP contribution in [0, 0.1) is 0 Å². The molecule has 0 saturated heterocycles. The molecule has 0 aromatic heterocycles. The zero-order valence-corrected chi connectivity index (χ0v) is 8.73. The Labute approximate surface area is 78.6 Å². The molecule has 0 aliphatic rings. The van der Waals surface area contributed by atoms with Crippen LogP contribution in [0.15, 0.2) is 0 Å². The Morgan fingerprint density at radius 3 is 2.46 bits per heavy atom. The Balaban J connectivity index is 3.60. The predicted molar refractivity (Wildman–Crippen MR) is 51.0 cm³/mol. The fraction of sp³-hybridized carbons (Fsp3) is 0.857. The minimum absolute atomic E-state index is 0.0701. The van der Waals surface area contributed by atoms with Crippen LogP contribution in [-0.2, 0) is 14.6 Å². The van der Waals surface area contributed by atoms with Crippen molar-refractivity contribution in [2.75, 3.05) is 18.6 Å². The van der Waals surface area contributed by atoms with Crippen molar-refractivity contribution in [3.05, 3.63) is 0 Å². The Morgan fingerprint density at radius 1 is 1.54 bits per heavy atom. The number of carbonyl (C=O) groups is 1. The predicted octanol–water partition coefficient (Wildman–Crippen LogP) is -1.12. The molecule has 0 bridgehead atoms. The summed E-state index contributed by atoms with van der Waals surface area (Å²) in [5.74, 6) is -0.310. The van der Waals surface area contributed by atoms with Crippen LogP contribution in [0.5, 0.6) is 0 Å². The van der Waals surface area contributed by atoms with Crippen LogP contribution in [0.3, 0.4) is 0 Å². The Kier molecular flexibility index (Phi) is 4.94. The molecule has 1 unspecified atom stereocenters. The van der Waals surface area contributed by atoms with Crippen molar-refractivity contribution < 1.29 is 13.2 Å². The van der Waals surface area contributed by atoms with E-state index in [0.29, 0.717) is 6.54 Å². The standard InChI is InChI=1S/C7H16N2O3S/c1-6(5-7(8)10)9-3-4-13(2,11)12/h6,9H,3-5H2,1-2H3,(H2,8,10). The van der Waals surface area contributed by atoms with E-state index >= 15 is 0 Å². The molecular weight excluding hydrogens is 192 g/mol. The summed E-state index contributed by atoms with van der Waals surface area (Å²) in [6.45, 7) is 2.14. The molecule has 5 nitrogen and oxygen atoms in total. The van der Waals surface area contributed by atoms with Crippen LogP contribution in [0.25, 0.3) is 0 Å². The topological polar surface area (TPSA) is 89.3 Å². The molecular formula is C7H16N2O3S. The van der Waals surface area contributed by atoms with Gasteiger partial charge in [0.05, 0.1) is 5.75 Å². The summed E-state index contributed by atoms with van der Waals surface area (Å²) in [6.07, 6.45) is 1.40. The lowest BCUT2D eigenvalue weighted by molar-refractivity contribution is -0.118. The highest BCUT2D eigenvalue weighted by molar-refractivity contribution is 7.90. The lowest BCUT2D eigenvalue weighted by atomic mass is 10.2. The molecule has 0 aromatic rings. The van der Waals surface area contributed by atoms with Crippen LogP contribution >= 0.6 is 0 Å². The second kappa shape index (κ2) is 5.18. The summed E-state index contributed by atoms with van der Waals surface area (Å²) in [7, 11) is -2.93. The van der Waals surface area contributed by atoms with E-state index in [9.17, 15) is 13.2 Å². The van der Waals surface area contributed by atoms with Gasteiger partial charge in [0.15, 0.2) is 0 Å². The molecule has 0 aromatic carbocycles. The summed E-state index contributed by atoms with van der Waals surface area (Å²) in [5.41, 5.74) is 4.95. The highest BCUT2D eigenvalue weighted by atomic mass is 32.2. The molecule has 0 aliphatic carbocycles. The Bertz CT molecular complexity index is 261. The summed E-state index contributed by atoms with van der Waals surface area (Å²) < 4.78 is 21.4. The first kappa shape index (κ1) is 12.4. The van der Waals surface area contributed by atoms with E-state index in [1.807, 2.05) is 0 Å². The van der Waals surface area contributed by atoms with Crippen LogP contribution < -0.4 is 11.1 Å². The third kappa shape index (κ3) is 9.29. The third-order valence-electron chi connectivity index (χ3n) is 1.47. The number of primary amides is 1. The first-order valence-electron chi connectivity index (χ1n) is 4.00. The van der Waals surface area contributed by atoms with Crippen LogP contribution in [0.2, 0.25) is 0 Å². The lowest BCUT2D eigenvalue weighted by Gasteiger charge is -2.10. The minimum atomic E-state index is -2.93. The molecule has 6 heteroatoms. The molecule has 0 saturated carbocycles. The van der Waals surface area contributed by atoms with E-state index < -0.39 is 9.84 Å². The fourth-order valence-electron chi connectivity index (χ4n) is 0.865. The van der Waals surface area contributed by atoms with Gasteiger partial charge in [-0.05, 0) is 6.92 Å². The molecule has 3 N–H and O–H groups in total. The maximum absolute atomic E-state index is 10.7. The van der Waals surface area contributed by atoms with E-state index in [1.54, 1.807) is 6.92 Å². The first-order chi connectivity index (χ1) is 5.81. The van der Waals surface area contributed by atoms with Gasteiger partial charge in [0.1, 0.15) is 9.84 Å². The van der Waals surface area contributed by atoms with Crippen LogP contribution in [-0.4, -0.2) is 38.9 Å². The van der Waals surface area contributed by atoms with Crippen molar-refractivity contribution >= 4 is 15.7 Å². The monoisotopic (exact) mass is 208 g/mol. The van der Waals surface area contributed by atoms with Crippen molar-refractivity contribution in [1.82, 2.24) is 5.32 Å². The molecule has 1 atom stereocenters. The average molecular weight is 208 g/mol. The van der Waals surface area contributed by atoms with E-state index in [1.165, 1.54) is 6.26 Å². The van der Waals surface area contributed by atoms with Crippen LogP contribution in [0.4, 0.5) is 0 Å². The van der Waals surface area contributed by atoms with Gasteiger partial charge in [-0.1, -0.05) is 0 Å². The van der Waals surface area contributed by atoms with E-state index in [4.69, 9.17) is 5.73 Å². The molecule has 0 radical (unpaired) electrons. The van der Waals surface area contributed by atoms with Crippen molar-refractivity contribution in [3.8, 4) is 0 Å². The number of amides is 1. The number of hydrogen-bond donors (Lipinski definition) is 2. The molecule has 0 spiro atoms. The zero-order chi connectivity index (χ0) is 10.5. The second-order valence-electron chi connectivity index (χ2n) is 3.16. The quantitative estimate of drug-likeness (QED) is 0.579. The summed E-state index contributed by atoms with van der Waals surface area (Å²) >= 11 is 0. The maximum atomic E-state index is 10.7. The Morgan fingerprint density at radius 2 is 2.08 bits per heavy atom. The van der Waals surface area contributed by atoms with Crippen molar-refractivity contribution in [2.45, 2.75) is 19.4 Å². The molecule has 0 rings (SSSR count). The van der Waals surface area contributed by atoms with Crippen LogP contribution in [0.1, 0.15) is 13.3 Å². The van der Waals surface area contributed by atoms with E-state index in [-0.39, 0.29) is 24.1 Å². The summed E-state index contributed by atoms with van der Waals surface area (Å²) in [5, 5.41) is 2.89. The van der Waals surface area contributed by atoms with Gasteiger partial charge in [-0.2, -0.15) is 0 Å². The molecule has 13 heavy (non-hydrogen) atoms. The highest BCUT2D eigenvalue weighted by Gasteiger charge is 2.06. The van der Waals surface area contributed by atoms with Gasteiger partial charge in [0.25, 0.3) is 0 Å². The third-order valence-corrected chi connectivity index (χ3v) is 2.42. The van der Waals surface area contributed by atoms with Gasteiger partial charge in [-0.15, -0.1) is 0 Å². The minimum Gasteiger partial charge on any atom is -0.370 e. The SMILES string of the molecule is CC(CC(N)=O)NCCS(C)(=O)=O. The van der Waals surface area contributed by atoms with Crippen molar-refractivity contribution in [2.24, 2.45) is 5.73 Å². The van der Waals surface area contributed by atoms with Crippen molar-refractivity contribution in [3.63, 3.8) is 0 Å². The number of rotatable bonds is 6. The maximum Gasteiger partial charge on any atom is 0.218 e. The molecule has 0 heterocycles. The Hall–Kier alpha value is -0.620. The van der Waals surface area contributed by atoms with Crippen molar-refractivity contribution in [1.29, 1.82) is 0 Å². The number of sulfone groups is 1. The van der Waals surface area contributed by atoms with E-state index in [0.717, 1.165) is 0 Å². The summed E-state index contributed by atoms with van der Waals surface area (Å²) in [4.78, 5) is 10.4. The zero-order valence-electron chi connectivity index (χ0n) is 7.91. The van der Waals surface area contributed by atoms with E-state index in [2.05, 4.69) is 5.32 Å². The molecule has 0 fully saturated rings. The molecule has 78 valence electrons. The number of hydrogen-bond acceptors (Lipinski definition) is 4. The summed E-state index contributed by atoms with van der Waals surface area (Å²) in [6, 6.07) is -0.0701. The lowest BCUT2D eigenvalue weighted by Crippen LogP contribution is -2.34. The first-order valence-corrected chi connectivity index (χ1v) is 6.06.